The monoisotopic (exact) mass is 321 g/mol. The summed E-state index contributed by atoms with van der Waals surface area (Å²) in [6.07, 6.45) is 3.31. The van der Waals surface area contributed by atoms with Crippen molar-refractivity contribution in [3.05, 3.63) is 17.5 Å². The Hall–Kier alpha value is -1.76. The van der Waals surface area contributed by atoms with Crippen molar-refractivity contribution in [3.8, 4) is 10.7 Å². The number of nitrogens with zero attached hydrogens (tertiary/aromatic N) is 4. The van der Waals surface area contributed by atoms with E-state index in [2.05, 4.69) is 34.6 Å². The van der Waals surface area contributed by atoms with E-state index >= 15 is 0 Å². The molecule has 2 aromatic heterocycles. The normalized spacial score (nSPS) is 12.5. The number of tetrazole rings is 1. The first-order valence-electron chi connectivity index (χ1n) is 7.65. The molecule has 0 fully saturated rings. The summed E-state index contributed by atoms with van der Waals surface area (Å²) in [5.74, 6) is 1.19. The molecule has 1 amide bonds. The van der Waals surface area contributed by atoms with Crippen molar-refractivity contribution in [3.63, 3.8) is 0 Å². The van der Waals surface area contributed by atoms with Crippen molar-refractivity contribution in [1.29, 1.82) is 0 Å². The highest BCUT2D eigenvalue weighted by Gasteiger charge is 2.12. The number of carbonyl (C=O) groups is 1. The smallest absolute Gasteiger partial charge is 0.243 e. The molecule has 7 heteroatoms. The van der Waals surface area contributed by atoms with Crippen LogP contribution in [0.1, 0.15) is 40.0 Å². The summed E-state index contributed by atoms with van der Waals surface area (Å²) in [5, 5.41) is 17.1. The highest BCUT2D eigenvalue weighted by molar-refractivity contribution is 7.13. The summed E-state index contributed by atoms with van der Waals surface area (Å²) in [6, 6.07) is 4.04. The number of hydrogen-bond donors (Lipinski definition) is 1. The maximum Gasteiger partial charge on any atom is 0.243 e. The Labute approximate surface area is 134 Å². The van der Waals surface area contributed by atoms with Crippen LogP contribution in [0.15, 0.2) is 17.5 Å². The van der Waals surface area contributed by atoms with Crippen molar-refractivity contribution < 1.29 is 4.79 Å². The molecule has 2 heterocycles. The van der Waals surface area contributed by atoms with E-state index in [0.29, 0.717) is 11.7 Å². The van der Waals surface area contributed by atoms with Crippen LogP contribution in [0.2, 0.25) is 0 Å². The predicted molar refractivity (Wildman–Crippen MR) is 87.4 cm³/mol. The molecule has 0 aliphatic heterocycles. The third kappa shape index (κ3) is 5.22. The van der Waals surface area contributed by atoms with Gasteiger partial charge in [0.15, 0.2) is 0 Å². The van der Waals surface area contributed by atoms with Crippen LogP contribution in [0.4, 0.5) is 0 Å². The van der Waals surface area contributed by atoms with Crippen LogP contribution in [-0.4, -0.2) is 32.2 Å². The minimum absolute atomic E-state index is 0.0767. The second kappa shape index (κ2) is 8.03. The lowest BCUT2D eigenvalue weighted by atomic mass is 10.0. The molecule has 0 aliphatic rings. The zero-order chi connectivity index (χ0) is 15.9. The molecule has 0 unspecified atom stereocenters. The minimum Gasteiger partial charge on any atom is -0.352 e. The molecule has 0 aliphatic carbocycles. The summed E-state index contributed by atoms with van der Waals surface area (Å²) in [7, 11) is 0. The molecule has 1 atom stereocenters. The standard InChI is InChI=1S/C15H23N5OS/c1-11(2)6-4-7-12(3)16-14(21)10-20-18-15(17-19-20)13-8-5-9-22-13/h5,8-9,11-12H,4,6-7,10H2,1-3H3,(H,16,21)/t12-/m1/s1. The van der Waals surface area contributed by atoms with Gasteiger partial charge in [-0.2, -0.15) is 4.80 Å². The zero-order valence-electron chi connectivity index (χ0n) is 13.3. The van der Waals surface area contributed by atoms with Gasteiger partial charge in [0.05, 0.1) is 4.88 Å². The molecule has 2 rings (SSSR count). The average molecular weight is 321 g/mol. The fourth-order valence-corrected chi connectivity index (χ4v) is 2.82. The average Bonchev–Trinajstić information content (AvgIpc) is 3.07. The van der Waals surface area contributed by atoms with Gasteiger partial charge in [-0.15, -0.1) is 21.5 Å². The van der Waals surface area contributed by atoms with Crippen molar-refractivity contribution in [2.24, 2.45) is 5.92 Å². The molecule has 0 saturated carbocycles. The van der Waals surface area contributed by atoms with Crippen molar-refractivity contribution >= 4 is 17.2 Å². The number of amides is 1. The maximum atomic E-state index is 12.0. The first-order valence-corrected chi connectivity index (χ1v) is 8.53. The van der Waals surface area contributed by atoms with Crippen LogP contribution in [0.5, 0.6) is 0 Å². The Bertz CT molecular complexity index is 579. The molecule has 120 valence electrons. The minimum atomic E-state index is -0.0767. The van der Waals surface area contributed by atoms with E-state index in [9.17, 15) is 4.79 Å². The van der Waals surface area contributed by atoms with Crippen LogP contribution in [-0.2, 0) is 11.3 Å². The molecular formula is C15H23N5OS. The Balaban J connectivity index is 1.77. The lowest BCUT2D eigenvalue weighted by Gasteiger charge is -2.14. The van der Waals surface area contributed by atoms with Crippen LogP contribution < -0.4 is 5.32 Å². The number of aromatic nitrogens is 4. The molecule has 0 aromatic carbocycles. The van der Waals surface area contributed by atoms with Crippen LogP contribution >= 0.6 is 11.3 Å². The number of thiophene rings is 1. The summed E-state index contributed by atoms with van der Waals surface area (Å²) in [5.41, 5.74) is 0. The number of hydrogen-bond acceptors (Lipinski definition) is 5. The van der Waals surface area contributed by atoms with E-state index in [1.807, 2.05) is 24.4 Å². The maximum absolute atomic E-state index is 12.0. The van der Waals surface area contributed by atoms with Crippen LogP contribution in [0.3, 0.4) is 0 Å². The van der Waals surface area contributed by atoms with Crippen molar-refractivity contribution in [1.82, 2.24) is 25.5 Å². The second-order valence-corrected chi connectivity index (χ2v) is 6.86. The van der Waals surface area contributed by atoms with Crippen LogP contribution in [0.25, 0.3) is 10.7 Å². The predicted octanol–water partition coefficient (Wildman–Crippen LogP) is 2.73. The Morgan fingerprint density at radius 2 is 2.18 bits per heavy atom. The fraction of sp³-hybridized carbons (Fsp3) is 0.600. The second-order valence-electron chi connectivity index (χ2n) is 5.91. The van der Waals surface area contributed by atoms with Crippen molar-refractivity contribution in [2.45, 2.75) is 52.6 Å². The molecule has 0 saturated heterocycles. The summed E-state index contributed by atoms with van der Waals surface area (Å²) >= 11 is 1.55. The lowest BCUT2D eigenvalue weighted by molar-refractivity contribution is -0.122. The van der Waals surface area contributed by atoms with Gasteiger partial charge >= 0.3 is 0 Å². The van der Waals surface area contributed by atoms with E-state index in [1.165, 1.54) is 11.2 Å². The highest BCUT2D eigenvalue weighted by Crippen LogP contribution is 2.19. The summed E-state index contributed by atoms with van der Waals surface area (Å²) in [6.45, 7) is 6.56. The van der Waals surface area contributed by atoms with Gasteiger partial charge in [0, 0.05) is 6.04 Å². The molecule has 0 radical (unpaired) electrons. The van der Waals surface area contributed by atoms with Gasteiger partial charge in [0.25, 0.3) is 0 Å². The Morgan fingerprint density at radius 3 is 2.86 bits per heavy atom. The van der Waals surface area contributed by atoms with E-state index in [1.54, 1.807) is 11.3 Å². The largest absolute Gasteiger partial charge is 0.352 e. The van der Waals surface area contributed by atoms with E-state index < -0.39 is 0 Å². The topological polar surface area (TPSA) is 72.7 Å². The SMILES string of the molecule is CC(C)CCC[C@@H](C)NC(=O)Cn1nnc(-c2cccs2)n1. The summed E-state index contributed by atoms with van der Waals surface area (Å²) in [4.78, 5) is 14.3. The number of nitrogens with one attached hydrogen (secondary N) is 1. The third-order valence-electron chi connectivity index (χ3n) is 3.31. The van der Waals surface area contributed by atoms with Gasteiger partial charge < -0.3 is 5.32 Å². The Morgan fingerprint density at radius 1 is 1.36 bits per heavy atom. The number of carbonyl (C=O) groups excluding carboxylic acids is 1. The van der Waals surface area contributed by atoms with E-state index in [-0.39, 0.29) is 18.5 Å². The molecule has 0 bridgehead atoms. The zero-order valence-corrected chi connectivity index (χ0v) is 14.1. The Kier molecular flexibility index (Phi) is 6.06. The molecule has 0 spiro atoms. The molecule has 1 N–H and O–H groups in total. The highest BCUT2D eigenvalue weighted by atomic mass is 32.1. The quantitative estimate of drug-likeness (QED) is 0.811. The fourth-order valence-electron chi connectivity index (χ4n) is 2.17. The van der Waals surface area contributed by atoms with Gasteiger partial charge in [-0.25, -0.2) is 0 Å². The first-order chi connectivity index (χ1) is 10.5. The molecular weight excluding hydrogens is 298 g/mol. The van der Waals surface area contributed by atoms with Gasteiger partial charge in [0.1, 0.15) is 6.54 Å². The molecule has 22 heavy (non-hydrogen) atoms. The van der Waals surface area contributed by atoms with E-state index in [0.717, 1.165) is 17.7 Å². The summed E-state index contributed by atoms with van der Waals surface area (Å²) < 4.78 is 0. The van der Waals surface area contributed by atoms with Gasteiger partial charge in [-0.1, -0.05) is 32.8 Å². The van der Waals surface area contributed by atoms with Crippen molar-refractivity contribution in [2.75, 3.05) is 0 Å². The van der Waals surface area contributed by atoms with Gasteiger partial charge in [-0.3, -0.25) is 4.79 Å². The van der Waals surface area contributed by atoms with E-state index in [4.69, 9.17) is 0 Å². The van der Waals surface area contributed by atoms with Gasteiger partial charge in [0.2, 0.25) is 11.7 Å². The molecule has 2 aromatic rings. The van der Waals surface area contributed by atoms with Crippen LogP contribution in [0, 0.1) is 5.92 Å². The third-order valence-corrected chi connectivity index (χ3v) is 4.17. The van der Waals surface area contributed by atoms with Gasteiger partial charge in [-0.05, 0) is 35.9 Å². The lowest BCUT2D eigenvalue weighted by Crippen LogP contribution is -2.35. The first kappa shape index (κ1) is 16.6. The number of rotatable bonds is 8. The molecule has 6 nitrogen and oxygen atoms in total.